The Labute approximate surface area is 174 Å². The van der Waals surface area contributed by atoms with Crippen molar-refractivity contribution in [1.29, 1.82) is 0 Å². The summed E-state index contributed by atoms with van der Waals surface area (Å²) in [5.74, 6) is -0.0406. The van der Waals surface area contributed by atoms with E-state index in [0.717, 1.165) is 23.9 Å². The lowest BCUT2D eigenvalue weighted by Crippen LogP contribution is -2.36. The first-order valence-electron chi connectivity index (χ1n) is 10.5. The molecule has 0 saturated heterocycles. The summed E-state index contributed by atoms with van der Waals surface area (Å²) in [4.78, 5) is 30.3. The number of nitrogens with zero attached hydrogens (tertiary/aromatic N) is 3. The highest BCUT2D eigenvalue weighted by Crippen LogP contribution is 2.19. The van der Waals surface area contributed by atoms with Gasteiger partial charge in [0.1, 0.15) is 5.52 Å². The number of aromatic nitrogens is 3. The van der Waals surface area contributed by atoms with Crippen molar-refractivity contribution in [3.8, 4) is 0 Å². The Morgan fingerprint density at radius 3 is 2.73 bits per heavy atom. The zero-order valence-electron chi connectivity index (χ0n) is 16.8. The fourth-order valence-electron chi connectivity index (χ4n) is 4.44. The molecule has 0 atom stereocenters. The Hall–Kier alpha value is -3.41. The summed E-state index contributed by atoms with van der Waals surface area (Å²) < 4.78 is 3.55. The lowest BCUT2D eigenvalue weighted by molar-refractivity contribution is 0.0927. The van der Waals surface area contributed by atoms with Crippen molar-refractivity contribution in [3.63, 3.8) is 0 Å². The van der Waals surface area contributed by atoms with Crippen LogP contribution in [-0.4, -0.2) is 25.9 Å². The summed E-state index contributed by atoms with van der Waals surface area (Å²) in [6.45, 7) is 0.360. The Morgan fingerprint density at radius 1 is 1.03 bits per heavy atom. The van der Waals surface area contributed by atoms with E-state index in [9.17, 15) is 9.59 Å². The van der Waals surface area contributed by atoms with Gasteiger partial charge in [0.05, 0.1) is 12.1 Å². The minimum atomic E-state index is -0.0942. The van der Waals surface area contributed by atoms with Gasteiger partial charge in [0.15, 0.2) is 5.65 Å². The van der Waals surface area contributed by atoms with Crippen LogP contribution < -0.4 is 10.9 Å². The van der Waals surface area contributed by atoms with E-state index in [1.54, 1.807) is 10.8 Å². The van der Waals surface area contributed by atoms with E-state index in [0.29, 0.717) is 23.3 Å². The van der Waals surface area contributed by atoms with Crippen molar-refractivity contribution >= 4 is 22.6 Å². The summed E-state index contributed by atoms with van der Waals surface area (Å²) in [6.07, 6.45) is 9.28. The molecular formula is C24H24N4O2. The average molecular weight is 400 g/mol. The molecule has 0 unspecified atom stereocenters. The third-order valence-corrected chi connectivity index (χ3v) is 5.96. The van der Waals surface area contributed by atoms with Crippen molar-refractivity contribution in [2.75, 3.05) is 0 Å². The molecule has 4 aromatic rings. The predicted molar refractivity (Wildman–Crippen MR) is 117 cm³/mol. The molecular weight excluding hydrogens is 376 g/mol. The van der Waals surface area contributed by atoms with Crippen molar-refractivity contribution in [2.45, 2.75) is 44.7 Å². The zero-order valence-corrected chi connectivity index (χ0v) is 16.8. The number of hydrogen-bond donors (Lipinski definition) is 1. The SMILES string of the molecule is O=C(NC1CCCCC1)c1cccc(Cn2c(=O)c3cccn3c3cccnc32)c1. The molecule has 1 N–H and O–H groups in total. The van der Waals surface area contributed by atoms with E-state index in [2.05, 4.69) is 10.3 Å². The van der Waals surface area contributed by atoms with Gasteiger partial charge < -0.3 is 9.72 Å². The molecule has 1 aliphatic rings. The molecule has 0 spiro atoms. The molecule has 0 radical (unpaired) electrons. The standard InChI is InChI=1S/C24H24N4O2/c29-23(26-19-9-2-1-3-10-19)18-8-4-7-17(15-18)16-28-22-20(11-5-13-25-22)27-14-6-12-21(27)24(28)30/h4-8,11-15,19H,1-3,9-10,16H2,(H,26,29). The van der Waals surface area contributed by atoms with Crippen LogP contribution in [0, 0.1) is 0 Å². The van der Waals surface area contributed by atoms with Crippen LogP contribution in [0.3, 0.4) is 0 Å². The quantitative estimate of drug-likeness (QED) is 0.567. The molecule has 1 aliphatic carbocycles. The first-order valence-corrected chi connectivity index (χ1v) is 10.5. The Morgan fingerprint density at radius 2 is 1.87 bits per heavy atom. The van der Waals surface area contributed by atoms with Gasteiger partial charge in [-0.1, -0.05) is 31.4 Å². The van der Waals surface area contributed by atoms with Crippen LogP contribution in [0.4, 0.5) is 0 Å². The molecule has 5 rings (SSSR count). The lowest BCUT2D eigenvalue weighted by Gasteiger charge is -2.22. The fraction of sp³-hybridized carbons (Fsp3) is 0.292. The first-order chi connectivity index (χ1) is 14.7. The monoisotopic (exact) mass is 400 g/mol. The van der Waals surface area contributed by atoms with Gasteiger partial charge in [-0.05, 0) is 54.8 Å². The second-order valence-electron chi connectivity index (χ2n) is 8.01. The lowest BCUT2D eigenvalue weighted by atomic mass is 9.95. The molecule has 152 valence electrons. The van der Waals surface area contributed by atoms with Crippen LogP contribution in [0.2, 0.25) is 0 Å². The smallest absolute Gasteiger partial charge is 0.276 e. The van der Waals surface area contributed by atoms with Crippen molar-refractivity contribution in [3.05, 3.63) is 82.4 Å². The number of fused-ring (bicyclic) bond motifs is 3. The van der Waals surface area contributed by atoms with Gasteiger partial charge in [0, 0.05) is 24.0 Å². The van der Waals surface area contributed by atoms with E-state index >= 15 is 0 Å². The molecule has 1 amide bonds. The number of hydrogen-bond acceptors (Lipinski definition) is 3. The highest BCUT2D eigenvalue weighted by Gasteiger charge is 2.17. The Balaban J connectivity index is 1.48. The molecule has 1 aromatic carbocycles. The summed E-state index contributed by atoms with van der Waals surface area (Å²) in [6, 6.07) is 15.3. The van der Waals surface area contributed by atoms with Gasteiger partial charge in [-0.2, -0.15) is 0 Å². The first kappa shape index (κ1) is 18.6. The Kier molecular flexibility index (Phi) is 4.83. The largest absolute Gasteiger partial charge is 0.349 e. The summed E-state index contributed by atoms with van der Waals surface area (Å²) in [7, 11) is 0. The van der Waals surface area contributed by atoms with Crippen molar-refractivity contribution < 1.29 is 4.79 Å². The van der Waals surface area contributed by atoms with Crippen molar-refractivity contribution in [1.82, 2.24) is 19.3 Å². The van der Waals surface area contributed by atoms with Crippen LogP contribution >= 0.6 is 0 Å². The molecule has 0 bridgehead atoms. The highest BCUT2D eigenvalue weighted by atomic mass is 16.1. The van der Waals surface area contributed by atoms with E-state index < -0.39 is 0 Å². The Bertz CT molecular complexity index is 1280. The topological polar surface area (TPSA) is 68.4 Å². The maximum absolute atomic E-state index is 13.1. The van der Waals surface area contributed by atoms with Crippen LogP contribution in [0.1, 0.15) is 48.0 Å². The number of rotatable bonds is 4. The summed E-state index contributed by atoms with van der Waals surface area (Å²) in [5, 5.41) is 3.16. The zero-order chi connectivity index (χ0) is 20.5. The van der Waals surface area contributed by atoms with E-state index in [-0.39, 0.29) is 17.5 Å². The third-order valence-electron chi connectivity index (χ3n) is 5.96. The highest BCUT2D eigenvalue weighted by molar-refractivity contribution is 5.94. The minimum Gasteiger partial charge on any atom is -0.349 e. The summed E-state index contributed by atoms with van der Waals surface area (Å²) in [5.41, 5.74) is 3.56. The number of carbonyl (C=O) groups is 1. The second kappa shape index (κ2) is 7.78. The molecule has 1 saturated carbocycles. The van der Waals surface area contributed by atoms with Gasteiger partial charge in [-0.3, -0.25) is 14.2 Å². The third kappa shape index (κ3) is 3.38. The second-order valence-corrected chi connectivity index (χ2v) is 8.01. The van der Waals surface area contributed by atoms with Gasteiger partial charge in [-0.15, -0.1) is 0 Å². The van der Waals surface area contributed by atoms with Crippen molar-refractivity contribution in [2.24, 2.45) is 0 Å². The predicted octanol–water partition coefficient (Wildman–Crippen LogP) is 3.76. The van der Waals surface area contributed by atoms with Crippen LogP contribution in [0.5, 0.6) is 0 Å². The fourth-order valence-corrected chi connectivity index (χ4v) is 4.44. The van der Waals surface area contributed by atoms with Crippen LogP contribution in [0.15, 0.2) is 65.7 Å². The van der Waals surface area contributed by atoms with Gasteiger partial charge >= 0.3 is 0 Å². The summed E-state index contributed by atoms with van der Waals surface area (Å²) >= 11 is 0. The average Bonchev–Trinajstić information content (AvgIpc) is 3.28. The maximum Gasteiger partial charge on any atom is 0.276 e. The van der Waals surface area contributed by atoms with Gasteiger partial charge in [0.25, 0.3) is 11.5 Å². The minimum absolute atomic E-state index is 0.0406. The molecule has 30 heavy (non-hydrogen) atoms. The number of nitrogens with one attached hydrogen (secondary N) is 1. The van der Waals surface area contributed by atoms with Crippen LogP contribution in [-0.2, 0) is 6.54 Å². The molecule has 1 fully saturated rings. The van der Waals surface area contributed by atoms with E-state index in [1.807, 2.05) is 59.1 Å². The van der Waals surface area contributed by atoms with Gasteiger partial charge in [-0.25, -0.2) is 4.98 Å². The molecule has 6 heteroatoms. The number of benzene rings is 1. The maximum atomic E-state index is 13.1. The molecule has 3 aromatic heterocycles. The molecule has 3 heterocycles. The van der Waals surface area contributed by atoms with Crippen LogP contribution in [0.25, 0.3) is 16.7 Å². The number of carbonyl (C=O) groups excluding carboxylic acids is 1. The van der Waals surface area contributed by atoms with E-state index in [4.69, 9.17) is 0 Å². The van der Waals surface area contributed by atoms with Gasteiger partial charge in [0.2, 0.25) is 0 Å². The molecule has 0 aliphatic heterocycles. The molecule has 6 nitrogen and oxygen atoms in total. The van der Waals surface area contributed by atoms with E-state index in [1.165, 1.54) is 19.3 Å². The normalized spacial score (nSPS) is 14.9. The number of amides is 1. The number of pyridine rings is 1.